The van der Waals surface area contributed by atoms with Crippen LogP contribution < -0.4 is 15.0 Å². The van der Waals surface area contributed by atoms with Gasteiger partial charge in [0, 0.05) is 13.1 Å². The molecule has 1 aliphatic rings. The summed E-state index contributed by atoms with van der Waals surface area (Å²) in [7, 11) is 1.53. The Morgan fingerprint density at radius 2 is 2.05 bits per heavy atom. The van der Waals surface area contributed by atoms with Crippen LogP contribution in [0.15, 0.2) is 0 Å². The Hall–Kier alpha value is -1.14. The lowest BCUT2D eigenvalue weighted by Crippen LogP contribution is -2.38. The van der Waals surface area contributed by atoms with E-state index in [-0.39, 0.29) is 11.3 Å². The van der Waals surface area contributed by atoms with Crippen molar-refractivity contribution >= 4 is 17.5 Å². The number of hydrogen-bond acceptors (Lipinski definition) is 6. The molecule has 1 saturated heterocycles. The summed E-state index contributed by atoms with van der Waals surface area (Å²) in [6, 6.07) is 0.268. The molecule has 1 aromatic heterocycles. The smallest absolute Gasteiger partial charge is 0.322 e. The number of rotatable bonds is 5. The van der Waals surface area contributed by atoms with Gasteiger partial charge in [-0.05, 0) is 43.5 Å². The maximum absolute atomic E-state index is 5.87. The third-order valence-corrected chi connectivity index (χ3v) is 3.51. The van der Waals surface area contributed by atoms with Crippen molar-refractivity contribution in [1.82, 2.24) is 20.3 Å². The third-order valence-electron chi connectivity index (χ3n) is 3.34. The van der Waals surface area contributed by atoms with Crippen molar-refractivity contribution in [2.24, 2.45) is 5.92 Å². The van der Waals surface area contributed by atoms with Crippen LogP contribution in [-0.4, -0.2) is 48.2 Å². The van der Waals surface area contributed by atoms with Crippen molar-refractivity contribution in [2.75, 3.05) is 38.2 Å². The van der Waals surface area contributed by atoms with Gasteiger partial charge < -0.3 is 15.0 Å². The number of methoxy groups -OCH3 is 1. The first-order valence-electron chi connectivity index (χ1n) is 6.64. The average Bonchev–Trinajstić information content (AvgIpc) is 2.45. The number of anilines is 1. The molecule has 1 aliphatic heterocycles. The molecule has 0 aromatic carbocycles. The van der Waals surface area contributed by atoms with E-state index in [4.69, 9.17) is 16.3 Å². The van der Waals surface area contributed by atoms with Crippen molar-refractivity contribution in [3.8, 4) is 6.01 Å². The van der Waals surface area contributed by atoms with Crippen LogP contribution in [0.5, 0.6) is 6.01 Å². The molecule has 7 heteroatoms. The normalized spacial score (nSPS) is 16.7. The Kier molecular flexibility index (Phi) is 5.15. The zero-order valence-corrected chi connectivity index (χ0v) is 12.2. The molecule has 0 radical (unpaired) electrons. The molecule has 0 atom stereocenters. The first kappa shape index (κ1) is 14.3. The van der Waals surface area contributed by atoms with E-state index in [0.29, 0.717) is 5.95 Å². The van der Waals surface area contributed by atoms with Gasteiger partial charge in [0.05, 0.1) is 7.11 Å². The van der Waals surface area contributed by atoms with E-state index < -0.39 is 0 Å². The fraction of sp³-hybridized carbons (Fsp3) is 0.750. The van der Waals surface area contributed by atoms with Crippen molar-refractivity contribution in [2.45, 2.75) is 19.8 Å². The molecular formula is C12H20ClN5O. The molecule has 0 unspecified atom stereocenters. The molecule has 0 amide bonds. The van der Waals surface area contributed by atoms with Crippen molar-refractivity contribution in [1.29, 1.82) is 0 Å². The third kappa shape index (κ3) is 3.91. The maximum atomic E-state index is 5.87. The SMILES string of the molecule is CCNCC1CCN(c2nc(Cl)nc(OC)n2)CC1. The zero-order chi connectivity index (χ0) is 13.7. The summed E-state index contributed by atoms with van der Waals surface area (Å²) in [4.78, 5) is 14.4. The van der Waals surface area contributed by atoms with Gasteiger partial charge in [-0.2, -0.15) is 15.0 Å². The van der Waals surface area contributed by atoms with Crippen molar-refractivity contribution in [3.05, 3.63) is 5.28 Å². The minimum Gasteiger partial charge on any atom is -0.467 e. The van der Waals surface area contributed by atoms with E-state index in [1.54, 1.807) is 0 Å². The Morgan fingerprint density at radius 1 is 1.32 bits per heavy atom. The van der Waals surface area contributed by atoms with E-state index in [1.807, 2.05) is 0 Å². The molecule has 1 fully saturated rings. The zero-order valence-electron chi connectivity index (χ0n) is 11.4. The summed E-state index contributed by atoms with van der Waals surface area (Å²) in [5, 5.41) is 3.58. The minimum atomic E-state index is 0.177. The van der Waals surface area contributed by atoms with Crippen molar-refractivity contribution in [3.63, 3.8) is 0 Å². The molecule has 1 aromatic rings. The minimum absolute atomic E-state index is 0.177. The lowest BCUT2D eigenvalue weighted by molar-refractivity contribution is 0.369. The monoisotopic (exact) mass is 285 g/mol. The molecule has 1 N–H and O–H groups in total. The number of halogens is 1. The number of aromatic nitrogens is 3. The summed E-state index contributed by atoms with van der Waals surface area (Å²) in [5.41, 5.74) is 0. The van der Waals surface area contributed by atoms with Gasteiger partial charge in [-0.1, -0.05) is 6.92 Å². The highest BCUT2D eigenvalue weighted by Crippen LogP contribution is 2.22. The Balaban J connectivity index is 1.95. The summed E-state index contributed by atoms with van der Waals surface area (Å²) < 4.78 is 5.02. The van der Waals surface area contributed by atoms with Gasteiger partial charge in [-0.15, -0.1) is 0 Å². The highest BCUT2D eigenvalue weighted by atomic mass is 35.5. The van der Waals surface area contributed by atoms with Gasteiger partial charge in [-0.3, -0.25) is 0 Å². The first-order valence-corrected chi connectivity index (χ1v) is 7.02. The van der Waals surface area contributed by atoms with Gasteiger partial charge in [0.15, 0.2) is 0 Å². The number of nitrogens with one attached hydrogen (secondary N) is 1. The maximum Gasteiger partial charge on any atom is 0.322 e. The quantitative estimate of drug-likeness (QED) is 0.881. The second-order valence-corrected chi connectivity index (χ2v) is 4.97. The topological polar surface area (TPSA) is 63.2 Å². The van der Waals surface area contributed by atoms with Gasteiger partial charge in [-0.25, -0.2) is 0 Å². The summed E-state index contributed by atoms with van der Waals surface area (Å²) in [6.45, 7) is 6.14. The average molecular weight is 286 g/mol. The van der Waals surface area contributed by atoms with Crippen LogP contribution in [0.25, 0.3) is 0 Å². The first-order chi connectivity index (χ1) is 9.22. The van der Waals surface area contributed by atoms with Crippen LogP contribution in [0.2, 0.25) is 5.28 Å². The van der Waals surface area contributed by atoms with Gasteiger partial charge >= 0.3 is 6.01 Å². The van der Waals surface area contributed by atoms with Gasteiger partial charge in [0.25, 0.3) is 0 Å². The molecule has 0 saturated carbocycles. The number of hydrogen-bond donors (Lipinski definition) is 1. The lowest BCUT2D eigenvalue weighted by atomic mass is 9.97. The van der Waals surface area contributed by atoms with Crippen LogP contribution in [0.3, 0.4) is 0 Å². The van der Waals surface area contributed by atoms with E-state index in [9.17, 15) is 0 Å². The standard InChI is InChI=1S/C12H20ClN5O/c1-3-14-8-9-4-6-18(7-5-9)11-15-10(13)16-12(17-11)19-2/h9,14H,3-8H2,1-2H3. The molecule has 6 nitrogen and oxygen atoms in total. The van der Waals surface area contributed by atoms with Crippen LogP contribution in [0.4, 0.5) is 5.95 Å². The molecule has 0 bridgehead atoms. The molecule has 2 heterocycles. The number of nitrogens with zero attached hydrogens (tertiary/aromatic N) is 4. The van der Waals surface area contributed by atoms with Crippen LogP contribution in [0.1, 0.15) is 19.8 Å². The Morgan fingerprint density at radius 3 is 2.68 bits per heavy atom. The fourth-order valence-corrected chi connectivity index (χ4v) is 2.39. The van der Waals surface area contributed by atoms with Gasteiger partial charge in [0.1, 0.15) is 0 Å². The second-order valence-electron chi connectivity index (χ2n) is 4.63. The summed E-state index contributed by atoms with van der Waals surface area (Å²) in [5.74, 6) is 1.34. The van der Waals surface area contributed by atoms with E-state index in [1.165, 1.54) is 7.11 Å². The molecule has 0 aliphatic carbocycles. The predicted molar refractivity (Wildman–Crippen MR) is 74.9 cm³/mol. The molecule has 19 heavy (non-hydrogen) atoms. The number of ether oxygens (including phenoxy) is 1. The Labute approximate surface area is 118 Å². The van der Waals surface area contributed by atoms with E-state index >= 15 is 0 Å². The fourth-order valence-electron chi connectivity index (χ4n) is 2.24. The summed E-state index contributed by atoms with van der Waals surface area (Å²) in [6.07, 6.45) is 2.28. The van der Waals surface area contributed by atoms with Crippen LogP contribution in [-0.2, 0) is 0 Å². The van der Waals surface area contributed by atoms with E-state index in [2.05, 4.69) is 32.1 Å². The van der Waals surface area contributed by atoms with Crippen molar-refractivity contribution < 1.29 is 4.74 Å². The predicted octanol–water partition coefficient (Wildman–Crippen LogP) is 1.36. The molecule has 0 spiro atoms. The molecule has 2 rings (SSSR count). The Bertz CT molecular complexity index is 409. The number of piperidine rings is 1. The molecule has 106 valence electrons. The highest BCUT2D eigenvalue weighted by molar-refractivity contribution is 6.28. The van der Waals surface area contributed by atoms with Crippen LogP contribution in [0, 0.1) is 5.92 Å². The van der Waals surface area contributed by atoms with E-state index in [0.717, 1.165) is 44.9 Å². The highest BCUT2D eigenvalue weighted by Gasteiger charge is 2.21. The summed E-state index contributed by atoms with van der Waals surface area (Å²) >= 11 is 5.87. The van der Waals surface area contributed by atoms with Gasteiger partial charge in [0.2, 0.25) is 11.2 Å². The van der Waals surface area contributed by atoms with Crippen LogP contribution >= 0.6 is 11.6 Å². The second kappa shape index (κ2) is 6.86. The molecular weight excluding hydrogens is 266 g/mol. The lowest BCUT2D eigenvalue weighted by Gasteiger charge is -2.32. The largest absolute Gasteiger partial charge is 0.467 e.